The highest BCUT2D eigenvalue weighted by atomic mass is 16.2. The molecule has 3 rings (SSSR count). The van der Waals surface area contributed by atoms with Crippen LogP contribution in [0.1, 0.15) is 52.0 Å². The first-order valence-electron chi connectivity index (χ1n) is 8.92. The zero-order valence-electron chi connectivity index (χ0n) is 15.4. The van der Waals surface area contributed by atoms with E-state index in [0.29, 0.717) is 12.1 Å². The summed E-state index contributed by atoms with van der Waals surface area (Å²) < 4.78 is 0. The lowest BCUT2D eigenvalue weighted by Crippen LogP contribution is -2.47. The molecule has 1 saturated carbocycles. The van der Waals surface area contributed by atoms with E-state index in [4.69, 9.17) is 0 Å². The summed E-state index contributed by atoms with van der Waals surface area (Å²) in [5.41, 5.74) is 1.51. The van der Waals surface area contributed by atoms with Crippen LogP contribution in [-0.2, 0) is 14.4 Å². The van der Waals surface area contributed by atoms with Crippen LogP contribution < -0.4 is 4.90 Å². The minimum absolute atomic E-state index is 0.0214. The Bertz CT molecular complexity index is 699. The molecule has 1 aromatic rings. The van der Waals surface area contributed by atoms with Crippen molar-refractivity contribution in [1.82, 2.24) is 4.90 Å². The van der Waals surface area contributed by atoms with Crippen molar-refractivity contribution in [2.24, 2.45) is 5.41 Å². The van der Waals surface area contributed by atoms with Gasteiger partial charge in [0.2, 0.25) is 11.8 Å². The van der Waals surface area contributed by atoms with Gasteiger partial charge in [0, 0.05) is 12.5 Å². The summed E-state index contributed by atoms with van der Waals surface area (Å²) in [4.78, 5) is 41.2. The predicted octanol–water partition coefficient (Wildman–Crippen LogP) is 3.05. The van der Waals surface area contributed by atoms with E-state index in [1.807, 2.05) is 39.8 Å². The molecule has 0 spiro atoms. The van der Waals surface area contributed by atoms with Gasteiger partial charge in [0.25, 0.3) is 5.91 Å². The first-order valence-corrected chi connectivity index (χ1v) is 8.92. The minimum atomic E-state index is -0.656. The average molecular weight is 342 g/mol. The van der Waals surface area contributed by atoms with Crippen molar-refractivity contribution in [1.29, 1.82) is 0 Å². The zero-order valence-corrected chi connectivity index (χ0v) is 15.4. The Kier molecular flexibility index (Phi) is 4.43. The highest BCUT2D eigenvalue weighted by Crippen LogP contribution is 2.36. The Morgan fingerprint density at radius 2 is 1.76 bits per heavy atom. The molecule has 5 heteroatoms. The van der Waals surface area contributed by atoms with Crippen LogP contribution in [0.25, 0.3) is 0 Å². The molecule has 134 valence electrons. The number of carbonyl (C=O) groups is 3. The number of hydrogen-bond donors (Lipinski definition) is 0. The summed E-state index contributed by atoms with van der Waals surface area (Å²) in [5.74, 6) is -0.525. The van der Waals surface area contributed by atoms with Crippen LogP contribution in [0, 0.1) is 12.3 Å². The average Bonchev–Trinajstić information content (AvgIpc) is 3.27. The lowest BCUT2D eigenvalue weighted by atomic mass is 9.91. The van der Waals surface area contributed by atoms with Gasteiger partial charge in [0.1, 0.15) is 6.04 Å². The molecule has 1 aliphatic heterocycles. The Morgan fingerprint density at radius 3 is 2.28 bits per heavy atom. The van der Waals surface area contributed by atoms with Gasteiger partial charge in [-0.2, -0.15) is 0 Å². The quantitative estimate of drug-likeness (QED) is 0.790. The van der Waals surface area contributed by atoms with Crippen LogP contribution in [-0.4, -0.2) is 34.7 Å². The number of carbonyl (C=O) groups excluding carboxylic acids is 3. The molecule has 2 fully saturated rings. The van der Waals surface area contributed by atoms with Crippen molar-refractivity contribution in [2.75, 3.05) is 4.90 Å². The fraction of sp³-hybridized carbons (Fsp3) is 0.550. The van der Waals surface area contributed by atoms with Crippen LogP contribution in [0.3, 0.4) is 0 Å². The molecule has 1 aliphatic carbocycles. The second-order valence-corrected chi connectivity index (χ2v) is 8.39. The Hall–Kier alpha value is -2.17. The van der Waals surface area contributed by atoms with Crippen molar-refractivity contribution in [3.05, 3.63) is 29.8 Å². The molecule has 0 aromatic heterocycles. The van der Waals surface area contributed by atoms with Crippen molar-refractivity contribution in [3.8, 4) is 0 Å². The van der Waals surface area contributed by atoms with Gasteiger partial charge in [-0.05, 0) is 37.3 Å². The van der Waals surface area contributed by atoms with Gasteiger partial charge in [-0.1, -0.05) is 38.5 Å². The maximum atomic E-state index is 13.0. The molecule has 1 heterocycles. The van der Waals surface area contributed by atoms with E-state index in [1.54, 1.807) is 17.0 Å². The van der Waals surface area contributed by atoms with Crippen LogP contribution >= 0.6 is 0 Å². The molecule has 0 N–H and O–H groups in total. The van der Waals surface area contributed by atoms with E-state index in [0.717, 1.165) is 18.4 Å². The number of aryl methyl sites for hydroxylation is 1. The molecule has 25 heavy (non-hydrogen) atoms. The van der Waals surface area contributed by atoms with Crippen molar-refractivity contribution >= 4 is 23.4 Å². The van der Waals surface area contributed by atoms with E-state index in [9.17, 15) is 14.4 Å². The number of amides is 3. The first kappa shape index (κ1) is 17.6. The Labute approximate surface area is 149 Å². The van der Waals surface area contributed by atoms with Crippen LogP contribution in [0.2, 0.25) is 0 Å². The normalized spacial score (nSPS) is 21.0. The van der Waals surface area contributed by atoms with Crippen molar-refractivity contribution in [2.45, 2.75) is 65.5 Å². The second-order valence-electron chi connectivity index (χ2n) is 8.39. The molecule has 1 atom stereocenters. The van der Waals surface area contributed by atoms with E-state index >= 15 is 0 Å². The molecular weight excluding hydrogens is 316 g/mol. The number of imide groups is 1. The highest BCUT2D eigenvalue weighted by molar-refractivity contribution is 6.23. The molecule has 1 aromatic carbocycles. The van der Waals surface area contributed by atoms with Gasteiger partial charge in [0.05, 0.1) is 12.1 Å². The second kappa shape index (κ2) is 6.28. The number of benzene rings is 1. The maximum Gasteiger partial charge on any atom is 0.257 e. The predicted molar refractivity (Wildman–Crippen MR) is 96.0 cm³/mol. The first-order chi connectivity index (χ1) is 11.7. The molecule has 3 amide bonds. The zero-order chi connectivity index (χ0) is 18.4. The molecular formula is C20H26N2O3. The summed E-state index contributed by atoms with van der Waals surface area (Å²) in [7, 11) is 0. The number of hydrogen-bond acceptors (Lipinski definition) is 3. The summed E-state index contributed by atoms with van der Waals surface area (Å²) >= 11 is 0. The van der Waals surface area contributed by atoms with Crippen molar-refractivity contribution in [3.63, 3.8) is 0 Å². The third kappa shape index (κ3) is 3.75. The number of rotatable bonds is 4. The maximum absolute atomic E-state index is 13.0. The minimum Gasteiger partial charge on any atom is -0.327 e. The van der Waals surface area contributed by atoms with E-state index in [2.05, 4.69) is 0 Å². The largest absolute Gasteiger partial charge is 0.327 e. The molecule has 5 nitrogen and oxygen atoms in total. The summed E-state index contributed by atoms with van der Waals surface area (Å²) in [5, 5.41) is 0. The van der Waals surface area contributed by atoms with Crippen molar-refractivity contribution < 1.29 is 14.4 Å². The van der Waals surface area contributed by atoms with Gasteiger partial charge in [0.15, 0.2) is 0 Å². The van der Waals surface area contributed by atoms with Crippen LogP contribution in [0.4, 0.5) is 5.69 Å². The third-order valence-corrected chi connectivity index (χ3v) is 4.66. The Balaban J connectivity index is 1.84. The van der Waals surface area contributed by atoms with E-state index in [1.165, 1.54) is 4.90 Å². The molecule has 1 saturated heterocycles. The van der Waals surface area contributed by atoms with Gasteiger partial charge in [-0.15, -0.1) is 0 Å². The summed E-state index contributed by atoms with van der Waals surface area (Å²) in [6.07, 6.45) is 2.29. The lowest BCUT2D eigenvalue weighted by Gasteiger charge is -2.30. The standard InChI is InChI=1S/C20H26N2O3/c1-13-5-7-15(8-6-13)22-17(23)11-16(19(22)25)21(14-9-10-14)18(24)12-20(2,3)4/h5-8,14,16H,9-12H2,1-4H3. The van der Waals surface area contributed by atoms with Gasteiger partial charge in [-0.3, -0.25) is 14.4 Å². The molecule has 0 radical (unpaired) electrons. The molecule has 2 aliphatic rings. The topological polar surface area (TPSA) is 57.7 Å². The van der Waals surface area contributed by atoms with Crippen LogP contribution in [0.5, 0.6) is 0 Å². The van der Waals surface area contributed by atoms with E-state index in [-0.39, 0.29) is 35.6 Å². The fourth-order valence-electron chi connectivity index (χ4n) is 3.33. The molecule has 1 unspecified atom stereocenters. The van der Waals surface area contributed by atoms with Gasteiger partial charge < -0.3 is 4.90 Å². The molecule has 0 bridgehead atoms. The third-order valence-electron chi connectivity index (χ3n) is 4.66. The summed E-state index contributed by atoms with van der Waals surface area (Å²) in [6, 6.07) is 6.78. The van der Waals surface area contributed by atoms with Crippen LogP contribution in [0.15, 0.2) is 24.3 Å². The SMILES string of the molecule is Cc1ccc(N2C(=O)CC(N(C(=O)CC(C)(C)C)C3CC3)C2=O)cc1. The Morgan fingerprint density at radius 1 is 1.16 bits per heavy atom. The smallest absolute Gasteiger partial charge is 0.257 e. The number of anilines is 1. The fourth-order valence-corrected chi connectivity index (χ4v) is 3.33. The van der Waals surface area contributed by atoms with Gasteiger partial charge >= 0.3 is 0 Å². The summed E-state index contributed by atoms with van der Waals surface area (Å²) in [6.45, 7) is 7.99. The van der Waals surface area contributed by atoms with Gasteiger partial charge in [-0.25, -0.2) is 4.90 Å². The lowest BCUT2D eigenvalue weighted by molar-refractivity contribution is -0.140. The highest BCUT2D eigenvalue weighted by Gasteiger charge is 2.48. The monoisotopic (exact) mass is 342 g/mol. The van der Waals surface area contributed by atoms with E-state index < -0.39 is 6.04 Å². The number of nitrogens with zero attached hydrogens (tertiary/aromatic N) is 2.